The maximum atomic E-state index is 13.1. The molecule has 0 unspecified atom stereocenters. The van der Waals surface area contributed by atoms with Crippen LogP contribution in [-0.2, 0) is 20.7 Å². The lowest BCUT2D eigenvalue weighted by Gasteiger charge is -2.15. The summed E-state index contributed by atoms with van der Waals surface area (Å²) in [6, 6.07) is 2.88. The van der Waals surface area contributed by atoms with Crippen LogP contribution in [0.5, 0.6) is 5.75 Å². The summed E-state index contributed by atoms with van der Waals surface area (Å²) >= 11 is 0. The fraction of sp³-hybridized carbons (Fsp3) is 0.333. The van der Waals surface area contributed by atoms with E-state index in [1.54, 1.807) is 0 Å². The molecule has 5 nitrogen and oxygen atoms in total. The molecule has 2 N–H and O–H groups in total. The first-order chi connectivity index (χ1) is 8.43. The van der Waals surface area contributed by atoms with Crippen molar-refractivity contribution in [3.8, 4) is 5.75 Å². The molecule has 0 spiro atoms. The molecule has 0 aliphatic heterocycles. The Labute approximate surface area is 104 Å². The molecule has 1 aromatic rings. The van der Waals surface area contributed by atoms with Gasteiger partial charge >= 0.3 is 5.97 Å². The second kappa shape index (κ2) is 6.00. The number of amides is 1. The van der Waals surface area contributed by atoms with Crippen LogP contribution in [0.1, 0.15) is 12.5 Å². The molecule has 18 heavy (non-hydrogen) atoms. The second-order valence-electron chi connectivity index (χ2n) is 3.77. The minimum atomic E-state index is -0.878. The monoisotopic (exact) mass is 255 g/mol. The molecular formula is C12H14FNO4. The molecule has 0 saturated carbocycles. The van der Waals surface area contributed by atoms with Gasteiger partial charge in [0.05, 0.1) is 7.11 Å². The van der Waals surface area contributed by atoms with E-state index in [9.17, 15) is 14.0 Å². The SMILES string of the molecule is COC(=O)[C@@H](Cc1ccc(O)c(F)c1)NC(C)=O. The highest BCUT2D eigenvalue weighted by atomic mass is 19.1. The van der Waals surface area contributed by atoms with Crippen LogP contribution in [0.15, 0.2) is 18.2 Å². The number of phenols is 1. The molecule has 1 amide bonds. The summed E-state index contributed by atoms with van der Waals surface area (Å²) in [5.41, 5.74) is 0.467. The summed E-state index contributed by atoms with van der Waals surface area (Å²) < 4.78 is 17.7. The van der Waals surface area contributed by atoms with Crippen molar-refractivity contribution in [3.63, 3.8) is 0 Å². The molecule has 0 aliphatic carbocycles. The molecule has 0 aromatic heterocycles. The highest BCUT2D eigenvalue weighted by Gasteiger charge is 2.20. The van der Waals surface area contributed by atoms with E-state index < -0.39 is 23.6 Å². The smallest absolute Gasteiger partial charge is 0.328 e. The highest BCUT2D eigenvalue weighted by Crippen LogP contribution is 2.17. The molecule has 0 bridgehead atoms. The van der Waals surface area contributed by atoms with Gasteiger partial charge in [-0.3, -0.25) is 4.79 Å². The van der Waals surface area contributed by atoms with E-state index in [0.717, 1.165) is 6.07 Å². The molecule has 0 heterocycles. The summed E-state index contributed by atoms with van der Waals surface area (Å²) in [5, 5.41) is 11.5. The fourth-order valence-electron chi connectivity index (χ4n) is 1.49. The van der Waals surface area contributed by atoms with Gasteiger partial charge in [0.25, 0.3) is 0 Å². The Kier molecular flexibility index (Phi) is 4.65. The Morgan fingerprint density at radius 3 is 2.67 bits per heavy atom. The van der Waals surface area contributed by atoms with Crippen LogP contribution in [0.25, 0.3) is 0 Å². The standard InChI is InChI=1S/C12H14FNO4/c1-7(15)14-10(12(17)18-2)6-8-3-4-11(16)9(13)5-8/h3-5,10,16H,6H2,1-2H3,(H,14,15)/t10-/m1/s1. The third kappa shape index (κ3) is 3.73. The zero-order valence-electron chi connectivity index (χ0n) is 10.1. The van der Waals surface area contributed by atoms with Gasteiger partial charge in [-0.1, -0.05) is 6.07 Å². The van der Waals surface area contributed by atoms with Gasteiger partial charge in [0.1, 0.15) is 6.04 Å². The zero-order valence-corrected chi connectivity index (χ0v) is 10.1. The maximum Gasteiger partial charge on any atom is 0.328 e. The van der Waals surface area contributed by atoms with Gasteiger partial charge in [0.15, 0.2) is 11.6 Å². The van der Waals surface area contributed by atoms with Crippen molar-refractivity contribution >= 4 is 11.9 Å². The van der Waals surface area contributed by atoms with Crippen molar-refractivity contribution in [2.24, 2.45) is 0 Å². The van der Waals surface area contributed by atoms with Gasteiger partial charge in [-0.25, -0.2) is 9.18 Å². The number of hydrogen-bond acceptors (Lipinski definition) is 4. The fourth-order valence-corrected chi connectivity index (χ4v) is 1.49. The Morgan fingerprint density at radius 1 is 1.50 bits per heavy atom. The van der Waals surface area contributed by atoms with Crippen LogP contribution in [0.3, 0.4) is 0 Å². The summed E-state index contributed by atoms with van der Waals surface area (Å²) in [6.45, 7) is 1.27. The number of benzene rings is 1. The molecule has 1 atom stereocenters. The number of phenolic OH excluding ortho intramolecular Hbond substituents is 1. The topological polar surface area (TPSA) is 75.6 Å². The van der Waals surface area contributed by atoms with Crippen molar-refractivity contribution in [2.45, 2.75) is 19.4 Å². The van der Waals surface area contributed by atoms with Crippen molar-refractivity contribution in [1.29, 1.82) is 0 Å². The number of ether oxygens (including phenoxy) is 1. The van der Waals surface area contributed by atoms with Crippen LogP contribution in [-0.4, -0.2) is 30.1 Å². The number of hydrogen-bond donors (Lipinski definition) is 2. The van der Waals surface area contributed by atoms with Gasteiger partial charge in [0, 0.05) is 13.3 Å². The number of aromatic hydroxyl groups is 1. The first kappa shape index (κ1) is 14.0. The van der Waals surface area contributed by atoms with Crippen molar-refractivity contribution in [2.75, 3.05) is 7.11 Å². The Hall–Kier alpha value is -2.11. The lowest BCUT2D eigenvalue weighted by Crippen LogP contribution is -2.42. The van der Waals surface area contributed by atoms with E-state index >= 15 is 0 Å². The summed E-state index contributed by atoms with van der Waals surface area (Å²) in [4.78, 5) is 22.4. The second-order valence-corrected chi connectivity index (χ2v) is 3.77. The Bertz CT molecular complexity index is 461. The molecule has 0 fully saturated rings. The van der Waals surface area contributed by atoms with Gasteiger partial charge in [-0.15, -0.1) is 0 Å². The van der Waals surface area contributed by atoms with Gasteiger partial charge < -0.3 is 15.2 Å². The van der Waals surface area contributed by atoms with Crippen molar-refractivity contribution in [1.82, 2.24) is 5.32 Å². The molecule has 0 aliphatic rings. The molecule has 1 rings (SSSR count). The molecule has 0 radical (unpaired) electrons. The van der Waals surface area contributed by atoms with Crippen LogP contribution >= 0.6 is 0 Å². The third-order valence-electron chi connectivity index (χ3n) is 2.32. The number of halogens is 1. The third-order valence-corrected chi connectivity index (χ3v) is 2.32. The number of esters is 1. The average Bonchev–Trinajstić information content (AvgIpc) is 2.31. The first-order valence-electron chi connectivity index (χ1n) is 5.26. The van der Waals surface area contributed by atoms with E-state index in [4.69, 9.17) is 5.11 Å². The quantitative estimate of drug-likeness (QED) is 0.778. The lowest BCUT2D eigenvalue weighted by atomic mass is 10.1. The average molecular weight is 255 g/mol. The molecule has 0 saturated heterocycles. The predicted octanol–water partition coefficient (Wildman–Crippen LogP) is 0.751. The van der Waals surface area contributed by atoms with E-state index in [1.165, 1.54) is 26.2 Å². The normalized spacial score (nSPS) is 11.7. The van der Waals surface area contributed by atoms with Crippen molar-refractivity contribution < 1.29 is 23.8 Å². The number of rotatable bonds is 4. The molecule has 1 aromatic carbocycles. The van der Waals surface area contributed by atoms with Crippen molar-refractivity contribution in [3.05, 3.63) is 29.6 Å². The van der Waals surface area contributed by atoms with Crippen LogP contribution in [0, 0.1) is 5.82 Å². The summed E-state index contributed by atoms with van der Waals surface area (Å²) in [5.74, 6) is -2.24. The van der Waals surface area contributed by atoms with Gasteiger partial charge in [0.2, 0.25) is 5.91 Å². The first-order valence-corrected chi connectivity index (χ1v) is 5.26. The largest absolute Gasteiger partial charge is 0.505 e. The highest BCUT2D eigenvalue weighted by molar-refractivity contribution is 5.83. The molecule has 6 heteroatoms. The Balaban J connectivity index is 2.85. The Morgan fingerprint density at radius 2 is 2.17 bits per heavy atom. The van der Waals surface area contributed by atoms with Crippen LogP contribution in [0.4, 0.5) is 4.39 Å². The lowest BCUT2D eigenvalue weighted by molar-refractivity contribution is -0.144. The van der Waals surface area contributed by atoms with Crippen LogP contribution < -0.4 is 5.32 Å². The predicted molar refractivity (Wildman–Crippen MR) is 61.4 cm³/mol. The van der Waals surface area contributed by atoms with Crippen LogP contribution in [0.2, 0.25) is 0 Å². The molecular weight excluding hydrogens is 241 g/mol. The van der Waals surface area contributed by atoms with E-state index in [-0.39, 0.29) is 12.3 Å². The van der Waals surface area contributed by atoms with Gasteiger partial charge in [-0.05, 0) is 17.7 Å². The summed E-state index contributed by atoms with van der Waals surface area (Å²) in [6.07, 6.45) is 0.0868. The van der Waals surface area contributed by atoms with E-state index in [1.807, 2.05) is 0 Å². The van der Waals surface area contributed by atoms with E-state index in [2.05, 4.69) is 10.1 Å². The zero-order chi connectivity index (χ0) is 13.7. The minimum absolute atomic E-state index is 0.0868. The number of methoxy groups -OCH3 is 1. The molecule has 98 valence electrons. The number of nitrogens with one attached hydrogen (secondary N) is 1. The number of carbonyl (C=O) groups is 2. The number of carbonyl (C=O) groups excluding carboxylic acids is 2. The minimum Gasteiger partial charge on any atom is -0.505 e. The van der Waals surface area contributed by atoms with E-state index in [0.29, 0.717) is 5.56 Å². The maximum absolute atomic E-state index is 13.1. The summed E-state index contributed by atoms with van der Waals surface area (Å²) in [7, 11) is 1.20. The van der Waals surface area contributed by atoms with Gasteiger partial charge in [-0.2, -0.15) is 0 Å².